The van der Waals surface area contributed by atoms with Crippen LogP contribution in [0.5, 0.6) is 11.5 Å². The highest BCUT2D eigenvalue weighted by Gasteiger charge is 2.49. The molecule has 28 heavy (non-hydrogen) atoms. The molecule has 0 aliphatic heterocycles. The summed E-state index contributed by atoms with van der Waals surface area (Å²) in [5.74, 6) is 2.17. The topological polar surface area (TPSA) is 47.9 Å². The zero-order chi connectivity index (χ0) is 21.1. The van der Waals surface area contributed by atoms with Gasteiger partial charge in [0.15, 0.2) is 11.5 Å². The molecule has 157 valence electrons. The van der Waals surface area contributed by atoms with Crippen LogP contribution >= 0.6 is 11.6 Å². The first-order valence-corrected chi connectivity index (χ1v) is 12.6. The fraction of sp³-hybridized carbons (Fsp3) is 0.636. The Balaban J connectivity index is 2.13. The van der Waals surface area contributed by atoms with Gasteiger partial charge in [0.1, 0.15) is 11.4 Å². The molecule has 0 amide bonds. The molecule has 1 aromatic rings. The van der Waals surface area contributed by atoms with Crippen molar-refractivity contribution in [3.63, 3.8) is 0 Å². The smallest absolute Gasteiger partial charge is 0.274 e. The molecule has 2 rings (SSSR count). The molecule has 0 saturated carbocycles. The second-order valence-corrected chi connectivity index (χ2v) is 11.3. The second kappa shape index (κ2) is 9.10. The summed E-state index contributed by atoms with van der Waals surface area (Å²) in [6, 6.07) is 5.95. The highest BCUT2D eigenvalue weighted by Crippen LogP contribution is 2.51. The van der Waals surface area contributed by atoms with Crippen LogP contribution in [0.2, 0.25) is 13.1 Å². The number of methoxy groups -OCH3 is 2. The van der Waals surface area contributed by atoms with Crippen molar-refractivity contribution in [1.82, 2.24) is 0 Å². The van der Waals surface area contributed by atoms with Crippen molar-refractivity contribution in [2.24, 2.45) is 11.3 Å². The fourth-order valence-electron chi connectivity index (χ4n) is 3.77. The highest BCUT2D eigenvalue weighted by atomic mass is 35.5. The number of ether oxygens (including phenoxy) is 2. The number of rotatable bonds is 8. The number of hydrogen-bond donors (Lipinski definition) is 1. The quantitative estimate of drug-likeness (QED) is 0.555. The van der Waals surface area contributed by atoms with Crippen molar-refractivity contribution in [1.29, 1.82) is 0 Å². The maximum atomic E-state index is 11.5. The molecule has 2 atom stereocenters. The minimum Gasteiger partial charge on any atom is -0.543 e. The first-order valence-electron chi connectivity index (χ1n) is 9.83. The molecule has 0 bridgehead atoms. The summed E-state index contributed by atoms with van der Waals surface area (Å²) in [5, 5.41) is 12.2. The van der Waals surface area contributed by atoms with Gasteiger partial charge in [-0.15, -0.1) is 0 Å². The Hall–Kier alpha value is -1.17. The van der Waals surface area contributed by atoms with Crippen molar-refractivity contribution in [2.45, 2.75) is 65.1 Å². The zero-order valence-electron chi connectivity index (χ0n) is 18.2. The molecule has 0 heterocycles. The molecular weight excluding hydrogens is 392 g/mol. The molecule has 1 aliphatic carbocycles. The van der Waals surface area contributed by atoms with Gasteiger partial charge in [-0.3, -0.25) is 0 Å². The maximum Gasteiger partial charge on any atom is 0.274 e. The van der Waals surface area contributed by atoms with Gasteiger partial charge in [0.25, 0.3) is 9.04 Å². The molecule has 6 heteroatoms. The number of aryl methyl sites for hydroxylation is 1. The lowest BCUT2D eigenvalue weighted by Gasteiger charge is -2.31. The van der Waals surface area contributed by atoms with Crippen LogP contribution < -0.4 is 9.47 Å². The lowest BCUT2D eigenvalue weighted by Crippen LogP contribution is -2.33. The molecule has 1 N–H and O–H groups in total. The van der Waals surface area contributed by atoms with Gasteiger partial charge in [-0.25, -0.2) is 0 Å². The Kier molecular flexibility index (Phi) is 7.51. The van der Waals surface area contributed by atoms with E-state index < -0.39 is 14.6 Å². The van der Waals surface area contributed by atoms with E-state index in [0.29, 0.717) is 23.6 Å². The Morgan fingerprint density at radius 2 is 1.82 bits per heavy atom. The summed E-state index contributed by atoms with van der Waals surface area (Å²) >= 11 is 6.71. The predicted octanol–water partition coefficient (Wildman–Crippen LogP) is 5.54. The van der Waals surface area contributed by atoms with Gasteiger partial charge in [0, 0.05) is 5.92 Å². The van der Waals surface area contributed by atoms with E-state index in [1.54, 1.807) is 14.2 Å². The molecule has 1 radical (unpaired) electrons. The van der Waals surface area contributed by atoms with Crippen LogP contribution in [0.3, 0.4) is 0 Å². The lowest BCUT2D eigenvalue weighted by atomic mass is 9.78. The summed E-state index contributed by atoms with van der Waals surface area (Å²) in [4.78, 5) is 0. The van der Waals surface area contributed by atoms with Crippen LogP contribution in [0.4, 0.5) is 0 Å². The molecular formula is C22H34ClO4Si. The largest absolute Gasteiger partial charge is 0.543 e. The predicted molar refractivity (Wildman–Crippen MR) is 116 cm³/mol. The van der Waals surface area contributed by atoms with Gasteiger partial charge in [-0.2, -0.15) is 0 Å². The minimum absolute atomic E-state index is 0.0199. The van der Waals surface area contributed by atoms with Gasteiger partial charge >= 0.3 is 0 Å². The van der Waals surface area contributed by atoms with Crippen LogP contribution in [0.1, 0.15) is 45.6 Å². The van der Waals surface area contributed by atoms with Crippen molar-refractivity contribution < 1.29 is 19.0 Å². The highest BCUT2D eigenvalue weighted by molar-refractivity contribution is 6.49. The van der Waals surface area contributed by atoms with E-state index in [0.717, 1.165) is 29.9 Å². The second-order valence-electron chi connectivity index (χ2n) is 8.88. The van der Waals surface area contributed by atoms with Crippen LogP contribution in [-0.2, 0) is 10.8 Å². The number of benzene rings is 1. The third-order valence-electron chi connectivity index (χ3n) is 5.34. The molecule has 0 fully saturated rings. The average molecular weight is 426 g/mol. The van der Waals surface area contributed by atoms with Crippen molar-refractivity contribution in [2.75, 3.05) is 14.2 Å². The third kappa shape index (κ3) is 5.25. The minimum atomic E-state index is -1.01. The van der Waals surface area contributed by atoms with E-state index in [9.17, 15) is 5.11 Å². The van der Waals surface area contributed by atoms with Gasteiger partial charge < -0.3 is 19.0 Å². The molecule has 2 unspecified atom stereocenters. The first kappa shape index (κ1) is 23.1. The van der Waals surface area contributed by atoms with Gasteiger partial charge in [0.2, 0.25) is 0 Å². The molecule has 1 aromatic carbocycles. The SMILES string of the molecule is COc1ccc(CCCC2(O)CC(C(C)(C)C)C(Cl)=C2O[Si](C)C)cc1OC. The fourth-order valence-corrected chi connectivity index (χ4v) is 5.16. The summed E-state index contributed by atoms with van der Waals surface area (Å²) in [7, 11) is 2.26. The van der Waals surface area contributed by atoms with E-state index in [2.05, 4.69) is 33.9 Å². The summed E-state index contributed by atoms with van der Waals surface area (Å²) in [6.07, 6.45) is 2.90. The van der Waals surface area contributed by atoms with E-state index in [1.165, 1.54) is 0 Å². The average Bonchev–Trinajstić information content (AvgIpc) is 2.86. The standard InChI is InChI=1S/C22H34ClO4Si/c1-21(2,3)16-14-22(24,20(19(16)23)27-28(6)7)12-8-9-15-10-11-17(25-4)18(13-15)26-5/h10-11,13,16,24H,8-9,12,14H2,1-7H3. The van der Waals surface area contributed by atoms with Crippen LogP contribution in [0.25, 0.3) is 0 Å². The third-order valence-corrected chi connectivity index (χ3v) is 6.39. The Labute approximate surface area is 176 Å². The van der Waals surface area contributed by atoms with Crippen LogP contribution in [0.15, 0.2) is 29.0 Å². The summed E-state index contributed by atoms with van der Waals surface area (Å²) < 4.78 is 16.8. The molecule has 0 saturated heterocycles. The van der Waals surface area contributed by atoms with Crippen LogP contribution in [-0.4, -0.2) is 34.0 Å². The molecule has 1 aliphatic rings. The Bertz CT molecular complexity index is 711. The van der Waals surface area contributed by atoms with E-state index >= 15 is 0 Å². The van der Waals surface area contributed by atoms with Crippen LogP contribution in [0, 0.1) is 11.3 Å². The van der Waals surface area contributed by atoms with Crippen molar-refractivity contribution in [3.05, 3.63) is 34.6 Å². The lowest BCUT2D eigenvalue weighted by molar-refractivity contribution is 0.0196. The van der Waals surface area contributed by atoms with E-state index in [-0.39, 0.29) is 11.3 Å². The molecule has 0 aromatic heterocycles. The molecule has 4 nitrogen and oxygen atoms in total. The normalized spacial score (nSPS) is 22.7. The van der Waals surface area contributed by atoms with Gasteiger partial charge in [-0.05, 0) is 61.9 Å². The summed E-state index contributed by atoms with van der Waals surface area (Å²) in [6.45, 7) is 10.6. The first-order chi connectivity index (χ1) is 13.0. The summed E-state index contributed by atoms with van der Waals surface area (Å²) in [5.41, 5.74) is 0.140. The number of hydrogen-bond acceptors (Lipinski definition) is 4. The zero-order valence-corrected chi connectivity index (χ0v) is 19.9. The van der Waals surface area contributed by atoms with E-state index in [1.807, 2.05) is 18.2 Å². The van der Waals surface area contributed by atoms with E-state index in [4.69, 9.17) is 25.5 Å². The number of halogens is 1. The molecule has 0 spiro atoms. The number of allylic oxidation sites excluding steroid dienone is 1. The number of aliphatic hydroxyl groups is 1. The maximum absolute atomic E-state index is 11.5. The van der Waals surface area contributed by atoms with Crippen molar-refractivity contribution in [3.8, 4) is 11.5 Å². The van der Waals surface area contributed by atoms with Gasteiger partial charge in [-0.1, -0.05) is 38.4 Å². The Morgan fingerprint density at radius 3 is 2.36 bits per heavy atom. The van der Waals surface area contributed by atoms with Crippen molar-refractivity contribution >= 4 is 20.6 Å². The van der Waals surface area contributed by atoms with Gasteiger partial charge in [0.05, 0.1) is 19.3 Å². The monoisotopic (exact) mass is 425 g/mol. The Morgan fingerprint density at radius 1 is 1.18 bits per heavy atom.